The molecule has 9 nitrogen and oxygen atoms in total. The molecule has 1 fully saturated rings. The predicted molar refractivity (Wildman–Crippen MR) is 147 cm³/mol. The van der Waals surface area contributed by atoms with E-state index in [-0.39, 0.29) is 40.6 Å². The lowest BCUT2D eigenvalue weighted by Crippen LogP contribution is -2.42. The Bertz CT molecular complexity index is 1400. The van der Waals surface area contributed by atoms with Gasteiger partial charge in [0.15, 0.2) is 5.16 Å². The van der Waals surface area contributed by atoms with Crippen LogP contribution in [0.3, 0.4) is 0 Å². The van der Waals surface area contributed by atoms with Gasteiger partial charge in [0.05, 0.1) is 11.3 Å². The zero-order chi connectivity index (χ0) is 29.9. The molecule has 0 aliphatic heterocycles. The first-order valence-corrected chi connectivity index (χ1v) is 14.2. The molecule has 2 heterocycles. The number of nitrogens with zero attached hydrogens (tertiary/aromatic N) is 5. The third kappa shape index (κ3) is 7.19. The van der Waals surface area contributed by atoms with Crippen molar-refractivity contribution in [2.24, 2.45) is 18.9 Å². The molecule has 4 rings (SSSR count). The van der Waals surface area contributed by atoms with Crippen molar-refractivity contribution in [1.82, 2.24) is 19.7 Å². The number of aryl methyl sites for hydroxylation is 1. The molecular formula is C28H32F3N5O4S. The summed E-state index contributed by atoms with van der Waals surface area (Å²) in [6.07, 6.45) is 1.28. The van der Waals surface area contributed by atoms with Gasteiger partial charge in [-0.15, -0.1) is 10.2 Å². The molecule has 0 bridgehead atoms. The number of halogens is 3. The minimum Gasteiger partial charge on any atom is -0.478 e. The van der Waals surface area contributed by atoms with E-state index >= 15 is 0 Å². The Labute approximate surface area is 240 Å². The average Bonchev–Trinajstić information content (AvgIpc) is 3.32. The van der Waals surface area contributed by atoms with Crippen LogP contribution < -0.4 is 9.64 Å². The van der Waals surface area contributed by atoms with Crippen LogP contribution in [0.1, 0.15) is 67.9 Å². The number of aromatic carboxylic acids is 1. The number of hydrogen-bond acceptors (Lipinski definition) is 7. The van der Waals surface area contributed by atoms with E-state index in [2.05, 4.69) is 22.1 Å². The van der Waals surface area contributed by atoms with E-state index in [1.807, 2.05) is 0 Å². The van der Waals surface area contributed by atoms with Crippen molar-refractivity contribution in [2.45, 2.75) is 69.6 Å². The van der Waals surface area contributed by atoms with Gasteiger partial charge in [-0.05, 0) is 75.3 Å². The molecule has 3 aromatic rings. The third-order valence-corrected chi connectivity index (χ3v) is 8.15. The summed E-state index contributed by atoms with van der Waals surface area (Å²) in [5, 5.41) is 18.2. The fourth-order valence-electron chi connectivity index (χ4n) is 4.84. The largest absolute Gasteiger partial charge is 0.478 e. The monoisotopic (exact) mass is 591 g/mol. The molecule has 1 amide bonds. The maximum atomic E-state index is 14.0. The summed E-state index contributed by atoms with van der Waals surface area (Å²) in [4.78, 5) is 31.1. The van der Waals surface area contributed by atoms with Gasteiger partial charge in [0, 0.05) is 31.0 Å². The van der Waals surface area contributed by atoms with Crippen molar-refractivity contribution >= 4 is 29.3 Å². The number of carbonyl (C=O) groups excluding carboxylic acids is 1. The highest BCUT2D eigenvalue weighted by atomic mass is 32.2. The molecule has 0 unspecified atom stereocenters. The Morgan fingerprint density at radius 2 is 1.90 bits per heavy atom. The molecule has 220 valence electrons. The second kappa shape index (κ2) is 12.5. The molecule has 1 N–H and O–H groups in total. The fraction of sp³-hybridized carbons (Fsp3) is 0.464. The number of alkyl halides is 3. The summed E-state index contributed by atoms with van der Waals surface area (Å²) in [7, 11) is 1.72. The molecule has 0 saturated heterocycles. The third-order valence-electron chi connectivity index (χ3n) is 7.04. The van der Waals surface area contributed by atoms with Gasteiger partial charge in [-0.1, -0.05) is 18.7 Å². The number of anilines is 1. The number of amides is 1. The highest BCUT2D eigenvalue weighted by Gasteiger charge is 2.36. The summed E-state index contributed by atoms with van der Waals surface area (Å²) in [6, 6.07) is 4.50. The number of benzene rings is 1. The van der Waals surface area contributed by atoms with Crippen LogP contribution in [0.2, 0.25) is 0 Å². The first-order chi connectivity index (χ1) is 19.3. The maximum Gasteiger partial charge on any atom is 0.421 e. The lowest BCUT2D eigenvalue weighted by Gasteiger charge is -2.34. The number of rotatable bonds is 9. The van der Waals surface area contributed by atoms with E-state index in [4.69, 9.17) is 4.74 Å². The van der Waals surface area contributed by atoms with Crippen molar-refractivity contribution in [3.8, 4) is 11.6 Å². The fourth-order valence-corrected chi connectivity index (χ4v) is 5.65. The summed E-state index contributed by atoms with van der Waals surface area (Å²) in [5.41, 5.74) is -0.884. The van der Waals surface area contributed by atoms with E-state index in [1.54, 1.807) is 25.5 Å². The van der Waals surface area contributed by atoms with Crippen molar-refractivity contribution in [2.75, 3.05) is 4.90 Å². The van der Waals surface area contributed by atoms with E-state index < -0.39 is 23.6 Å². The van der Waals surface area contributed by atoms with Crippen molar-refractivity contribution in [3.63, 3.8) is 0 Å². The summed E-state index contributed by atoms with van der Waals surface area (Å²) >= 11 is 1.20. The molecule has 1 aliphatic carbocycles. The highest BCUT2D eigenvalue weighted by molar-refractivity contribution is 7.98. The van der Waals surface area contributed by atoms with Crippen molar-refractivity contribution in [3.05, 3.63) is 53.5 Å². The topological polar surface area (TPSA) is 110 Å². The molecule has 2 aromatic heterocycles. The van der Waals surface area contributed by atoms with E-state index in [9.17, 15) is 27.9 Å². The van der Waals surface area contributed by atoms with E-state index in [1.165, 1.54) is 41.3 Å². The molecule has 1 aliphatic rings. The van der Waals surface area contributed by atoms with Crippen LogP contribution >= 0.6 is 11.8 Å². The summed E-state index contributed by atoms with van der Waals surface area (Å²) in [5.74, 6) is -1.84. The van der Waals surface area contributed by atoms with Crippen LogP contribution in [0, 0.1) is 11.8 Å². The first kappa shape index (κ1) is 30.4. The quantitative estimate of drug-likeness (QED) is 0.278. The Kier molecular flexibility index (Phi) is 9.25. The molecule has 0 spiro atoms. The molecule has 41 heavy (non-hydrogen) atoms. The maximum absolute atomic E-state index is 14.0. The highest BCUT2D eigenvalue weighted by Crippen LogP contribution is 2.39. The number of carboxylic acid groups (broad SMARTS) is 1. The first-order valence-electron chi connectivity index (χ1n) is 13.3. The van der Waals surface area contributed by atoms with Gasteiger partial charge in [0.25, 0.3) is 0 Å². The van der Waals surface area contributed by atoms with Crippen molar-refractivity contribution in [1.29, 1.82) is 0 Å². The second-order valence-corrected chi connectivity index (χ2v) is 11.5. The van der Waals surface area contributed by atoms with Crippen LogP contribution in [0.5, 0.6) is 11.6 Å². The molecule has 1 aromatic carbocycles. The van der Waals surface area contributed by atoms with E-state index in [0.29, 0.717) is 16.6 Å². The lowest BCUT2D eigenvalue weighted by atomic mass is 9.82. The van der Waals surface area contributed by atoms with Gasteiger partial charge in [0.1, 0.15) is 17.6 Å². The average molecular weight is 592 g/mol. The smallest absolute Gasteiger partial charge is 0.421 e. The zero-order valence-electron chi connectivity index (χ0n) is 23.2. The molecule has 0 radical (unpaired) electrons. The van der Waals surface area contributed by atoms with Gasteiger partial charge in [-0.3, -0.25) is 4.79 Å². The normalized spacial score (nSPS) is 17.5. The number of pyridine rings is 1. The van der Waals surface area contributed by atoms with Crippen LogP contribution in [0.15, 0.2) is 41.9 Å². The van der Waals surface area contributed by atoms with Gasteiger partial charge in [-0.25, -0.2) is 9.78 Å². The number of carboxylic acids is 1. The number of ether oxygens (including phenoxy) is 1. The van der Waals surface area contributed by atoms with Gasteiger partial charge in [0.2, 0.25) is 11.8 Å². The Morgan fingerprint density at radius 3 is 2.49 bits per heavy atom. The second-order valence-electron chi connectivity index (χ2n) is 10.6. The molecule has 0 atom stereocenters. The lowest BCUT2D eigenvalue weighted by molar-refractivity contribution is -0.139. The Hall–Kier alpha value is -3.61. The standard InChI is InChI=1S/C28H32F3N5O4S/c1-16(2)36(25(37)19-7-5-17(3)6-8-19)23-10-9-20(12-21(23)26(38)39)40-24-22(28(29,30)31)11-18(13-32-24)14-41-27-34-33-15-35(27)4/h9-13,15-17,19H,5-8,14H2,1-4H3,(H,38,39). The van der Waals surface area contributed by atoms with Gasteiger partial charge < -0.3 is 19.3 Å². The minimum absolute atomic E-state index is 0.145. The molecular weight excluding hydrogens is 559 g/mol. The number of aromatic nitrogens is 4. The van der Waals surface area contributed by atoms with Gasteiger partial charge in [-0.2, -0.15) is 13.2 Å². The van der Waals surface area contributed by atoms with Crippen LogP contribution in [0.25, 0.3) is 0 Å². The van der Waals surface area contributed by atoms with Crippen LogP contribution in [-0.2, 0) is 23.8 Å². The Morgan fingerprint density at radius 1 is 1.20 bits per heavy atom. The predicted octanol–water partition coefficient (Wildman–Crippen LogP) is 6.58. The summed E-state index contributed by atoms with van der Waals surface area (Å²) in [6.45, 7) is 5.74. The molecule has 13 heteroatoms. The SMILES string of the molecule is CC1CCC(C(=O)N(c2ccc(Oc3ncc(CSc4nncn4C)cc3C(F)(F)F)cc2C(=O)O)C(C)C)CC1. The number of hydrogen-bond donors (Lipinski definition) is 1. The summed E-state index contributed by atoms with van der Waals surface area (Å²) < 4.78 is 49.1. The minimum atomic E-state index is -4.78. The van der Waals surface area contributed by atoms with Gasteiger partial charge >= 0.3 is 12.1 Å². The zero-order valence-corrected chi connectivity index (χ0v) is 24.0. The van der Waals surface area contributed by atoms with E-state index in [0.717, 1.165) is 37.8 Å². The number of thioether (sulfide) groups is 1. The number of carbonyl (C=O) groups is 2. The van der Waals surface area contributed by atoms with Crippen LogP contribution in [-0.4, -0.2) is 42.8 Å². The van der Waals surface area contributed by atoms with Crippen LogP contribution in [0.4, 0.5) is 18.9 Å². The Balaban J connectivity index is 1.61. The molecule has 1 saturated carbocycles. The van der Waals surface area contributed by atoms with Crippen molar-refractivity contribution < 1.29 is 32.6 Å².